The Labute approximate surface area is 295 Å². The van der Waals surface area contributed by atoms with Crippen LogP contribution in [0.1, 0.15) is 85.5 Å². The Morgan fingerprint density at radius 2 is 1.48 bits per heavy atom. The molecule has 0 amide bonds. The monoisotopic (exact) mass is 656 g/mol. The van der Waals surface area contributed by atoms with Gasteiger partial charge in [-0.25, -0.2) is 16.8 Å². The van der Waals surface area contributed by atoms with Crippen molar-refractivity contribution in [2.24, 2.45) is 52.3 Å². The minimum Gasteiger partial charge on any atom is -0.726 e. The fourth-order valence-corrected chi connectivity index (χ4v) is 10.7. The summed E-state index contributed by atoms with van der Waals surface area (Å²) < 4.78 is 77.2. The van der Waals surface area contributed by atoms with Crippen molar-refractivity contribution in [3.63, 3.8) is 0 Å². The molecule has 0 heterocycles. The molecule has 0 aliphatic heterocycles. The van der Waals surface area contributed by atoms with E-state index in [1.54, 1.807) is 0 Å². The fraction of sp³-hybridized carbons (Fsp3) is 1.00. The Kier molecular flexibility index (Phi) is 14.0. The van der Waals surface area contributed by atoms with Crippen molar-refractivity contribution < 1.29 is 109 Å². The third kappa shape index (κ3) is 8.01. The van der Waals surface area contributed by atoms with Crippen LogP contribution in [-0.2, 0) is 29.2 Å². The van der Waals surface area contributed by atoms with E-state index in [9.17, 15) is 41.3 Å². The fourth-order valence-electron chi connectivity index (χ4n) is 9.80. The second-order valence-electron chi connectivity index (χ2n) is 13.8. The van der Waals surface area contributed by atoms with Crippen molar-refractivity contribution in [1.29, 1.82) is 0 Å². The predicted molar refractivity (Wildman–Crippen MR) is 142 cm³/mol. The molecule has 4 rings (SSSR count). The summed E-state index contributed by atoms with van der Waals surface area (Å²) in [5.74, 6) is -0.663. The minimum atomic E-state index is -4.98. The van der Waals surface area contributed by atoms with Crippen molar-refractivity contribution in [3.8, 4) is 0 Å². The summed E-state index contributed by atoms with van der Waals surface area (Å²) in [6.07, 6.45) is 1.13. The van der Waals surface area contributed by atoms with Gasteiger partial charge in [-0.2, -0.15) is 0 Å². The molecular formula is C27H46Na2O11S2. The van der Waals surface area contributed by atoms with Crippen molar-refractivity contribution in [2.45, 2.75) is 110 Å². The van der Waals surface area contributed by atoms with Crippen LogP contribution in [0.15, 0.2) is 0 Å². The molecule has 4 aliphatic rings. The average Bonchev–Trinajstić information content (AvgIpc) is 3.18. The molecule has 4 aliphatic carbocycles. The van der Waals surface area contributed by atoms with E-state index in [2.05, 4.69) is 18.0 Å². The summed E-state index contributed by atoms with van der Waals surface area (Å²) in [5.41, 5.74) is -1.33. The Hall–Kier alpha value is 1.62. The van der Waals surface area contributed by atoms with Crippen LogP contribution in [0.4, 0.5) is 0 Å². The van der Waals surface area contributed by atoms with Crippen LogP contribution in [-0.4, -0.2) is 72.3 Å². The van der Waals surface area contributed by atoms with E-state index in [4.69, 9.17) is 4.18 Å². The number of fused-ring (bicyclic) bond motifs is 5. The maximum atomic E-state index is 11.8. The molecule has 0 spiro atoms. The summed E-state index contributed by atoms with van der Waals surface area (Å²) in [6, 6.07) is 0. The van der Waals surface area contributed by atoms with E-state index in [-0.39, 0.29) is 102 Å². The Balaban J connectivity index is 0.00000308. The molecule has 42 heavy (non-hydrogen) atoms. The third-order valence-electron chi connectivity index (χ3n) is 11.5. The van der Waals surface area contributed by atoms with Gasteiger partial charge >= 0.3 is 59.1 Å². The van der Waals surface area contributed by atoms with E-state index in [1.165, 1.54) is 0 Å². The molecule has 0 radical (unpaired) electrons. The first-order valence-corrected chi connectivity index (χ1v) is 17.3. The SMILES string of the molecule is CC(C)CCC[C@@H](COS(=O)(=O)[O-])[C@H]1CCC2C3CCC4[C@H](O)[C@H](OS(=O)(=O)[O-])CC[C@]4(C)C3C(O)[C@@H](O)[C@@]21C.[Na+].[Na+]. The van der Waals surface area contributed by atoms with Crippen LogP contribution in [0, 0.1) is 52.3 Å². The third-order valence-corrected chi connectivity index (χ3v) is 12.4. The number of aliphatic hydroxyl groups is 3. The molecule has 234 valence electrons. The summed E-state index contributed by atoms with van der Waals surface area (Å²) in [5, 5.41) is 34.6. The second-order valence-corrected chi connectivity index (χ2v) is 15.9. The molecule has 4 saturated carbocycles. The van der Waals surface area contributed by atoms with Gasteiger partial charge in [-0.05, 0) is 91.8 Å². The van der Waals surface area contributed by atoms with Gasteiger partial charge < -0.3 is 24.4 Å². The Bertz CT molecular complexity index is 1120. The topological polar surface area (TPSA) is 194 Å². The predicted octanol–water partition coefficient (Wildman–Crippen LogP) is -3.67. The second kappa shape index (κ2) is 14.8. The molecule has 0 aromatic heterocycles. The Morgan fingerprint density at radius 3 is 2.05 bits per heavy atom. The van der Waals surface area contributed by atoms with Crippen LogP contribution in [0.5, 0.6) is 0 Å². The van der Waals surface area contributed by atoms with Crippen LogP contribution < -0.4 is 59.1 Å². The van der Waals surface area contributed by atoms with Gasteiger partial charge in [0.15, 0.2) is 0 Å². The van der Waals surface area contributed by atoms with Gasteiger partial charge in [-0.1, -0.05) is 40.5 Å². The minimum absolute atomic E-state index is 0. The van der Waals surface area contributed by atoms with Crippen molar-refractivity contribution in [3.05, 3.63) is 0 Å². The van der Waals surface area contributed by atoms with Crippen LogP contribution in [0.2, 0.25) is 0 Å². The Morgan fingerprint density at radius 1 is 0.857 bits per heavy atom. The number of hydrogen-bond donors (Lipinski definition) is 3. The van der Waals surface area contributed by atoms with E-state index >= 15 is 0 Å². The number of aliphatic hydroxyl groups excluding tert-OH is 3. The maximum Gasteiger partial charge on any atom is 1.00 e. The standard InChI is InChI=1S/C27H48O11S2.2Na/c1-15(2)6-5-7-16(14-37-39(31,32)33)18-10-11-19-17-8-9-20-23(28)21(38-40(34,35)36)12-13-26(20,3)22(17)24(29)25(30)27(18,19)4;;/h15-25,28-30H,5-14H2,1-4H3,(H,31,32,33)(H,34,35,36);;/q;2*+1/p-2/t16-,17?,18+,19?,20?,21+,22?,23-,24?,25+,26-,27+;;/m0../s1. The summed E-state index contributed by atoms with van der Waals surface area (Å²) in [6.45, 7) is 7.92. The van der Waals surface area contributed by atoms with Crippen LogP contribution >= 0.6 is 0 Å². The van der Waals surface area contributed by atoms with Gasteiger partial charge in [-0.15, -0.1) is 0 Å². The molecule has 0 saturated heterocycles. The number of rotatable bonds is 10. The summed E-state index contributed by atoms with van der Waals surface area (Å²) >= 11 is 0. The quantitative estimate of drug-likeness (QED) is 0.119. The first-order chi connectivity index (χ1) is 18.4. The van der Waals surface area contributed by atoms with Gasteiger partial charge in [-0.3, -0.25) is 8.37 Å². The molecule has 12 atom stereocenters. The zero-order valence-corrected chi connectivity index (χ0v) is 31.5. The van der Waals surface area contributed by atoms with Gasteiger partial charge in [0, 0.05) is 5.41 Å². The zero-order chi connectivity index (χ0) is 29.8. The molecule has 4 fully saturated rings. The molecule has 5 unspecified atom stereocenters. The van der Waals surface area contributed by atoms with E-state index in [0.29, 0.717) is 38.0 Å². The van der Waals surface area contributed by atoms with E-state index in [0.717, 1.165) is 19.3 Å². The van der Waals surface area contributed by atoms with Gasteiger partial charge in [0.05, 0.1) is 24.9 Å². The van der Waals surface area contributed by atoms with E-state index in [1.807, 2.05) is 13.8 Å². The molecule has 0 aromatic carbocycles. The van der Waals surface area contributed by atoms with Crippen molar-refractivity contribution >= 4 is 20.8 Å². The average molecular weight is 657 g/mol. The van der Waals surface area contributed by atoms with Crippen LogP contribution in [0.25, 0.3) is 0 Å². The normalized spacial score (nSPS) is 42.5. The summed E-state index contributed by atoms with van der Waals surface area (Å²) in [4.78, 5) is 0. The van der Waals surface area contributed by atoms with Gasteiger partial charge in [0.1, 0.15) is 6.10 Å². The summed E-state index contributed by atoms with van der Waals surface area (Å²) in [7, 11) is -9.86. The van der Waals surface area contributed by atoms with Gasteiger partial charge in [0.2, 0.25) is 20.8 Å². The number of hydrogen-bond acceptors (Lipinski definition) is 11. The van der Waals surface area contributed by atoms with Crippen molar-refractivity contribution in [2.75, 3.05) is 6.61 Å². The van der Waals surface area contributed by atoms with Gasteiger partial charge in [0.25, 0.3) is 0 Å². The first kappa shape index (κ1) is 39.8. The zero-order valence-electron chi connectivity index (χ0n) is 25.8. The van der Waals surface area contributed by atoms with Crippen molar-refractivity contribution in [1.82, 2.24) is 0 Å². The molecule has 3 N–H and O–H groups in total. The largest absolute Gasteiger partial charge is 1.00 e. The van der Waals surface area contributed by atoms with E-state index < -0.39 is 62.0 Å². The first-order valence-electron chi connectivity index (χ1n) is 14.7. The molecule has 0 aromatic rings. The molecule has 0 bridgehead atoms. The van der Waals surface area contributed by atoms with Crippen LogP contribution in [0.3, 0.4) is 0 Å². The smallest absolute Gasteiger partial charge is 0.726 e. The molecular weight excluding hydrogens is 610 g/mol. The molecule has 15 heteroatoms. The maximum absolute atomic E-state index is 11.8. The molecule has 11 nitrogen and oxygen atoms in total.